The predicted molar refractivity (Wildman–Crippen MR) is 76.4 cm³/mol. The van der Waals surface area contributed by atoms with Gasteiger partial charge in [-0.3, -0.25) is 4.79 Å². The third-order valence-corrected chi connectivity index (χ3v) is 5.04. The van der Waals surface area contributed by atoms with E-state index in [1.165, 1.54) is 7.05 Å². The highest BCUT2D eigenvalue weighted by atomic mass is 32.2. The average molecular weight is 298 g/mol. The van der Waals surface area contributed by atoms with E-state index < -0.39 is 10.0 Å². The molecule has 0 bridgehead atoms. The second kappa shape index (κ2) is 5.80. The molecular weight excluding hydrogens is 280 g/mol. The van der Waals surface area contributed by atoms with E-state index in [4.69, 9.17) is 4.74 Å². The molecular formula is C13H18N2O4S. The highest BCUT2D eigenvalue weighted by molar-refractivity contribution is 7.89. The second-order valence-corrected chi connectivity index (χ2v) is 6.88. The highest BCUT2D eigenvalue weighted by Crippen LogP contribution is 2.30. The van der Waals surface area contributed by atoms with Gasteiger partial charge >= 0.3 is 0 Å². The first-order valence-corrected chi connectivity index (χ1v) is 8.03. The van der Waals surface area contributed by atoms with E-state index in [0.29, 0.717) is 24.6 Å². The fraction of sp³-hybridized carbons (Fsp3) is 0.462. The van der Waals surface area contributed by atoms with Gasteiger partial charge < -0.3 is 9.64 Å². The molecule has 2 rings (SSSR count). The summed E-state index contributed by atoms with van der Waals surface area (Å²) in [6, 6.07) is 7.24. The van der Waals surface area contributed by atoms with Gasteiger partial charge in [0.15, 0.2) is 0 Å². The summed E-state index contributed by atoms with van der Waals surface area (Å²) in [5.41, 5.74) is 0.686. The molecule has 1 aromatic carbocycles. The topological polar surface area (TPSA) is 66.9 Å². The van der Waals surface area contributed by atoms with E-state index in [2.05, 4.69) is 0 Å². The van der Waals surface area contributed by atoms with Crippen LogP contribution >= 0.6 is 0 Å². The summed E-state index contributed by atoms with van der Waals surface area (Å²) < 4.78 is 29.9. The van der Waals surface area contributed by atoms with Crippen molar-refractivity contribution in [2.45, 2.75) is 6.92 Å². The number of anilines is 1. The Kier molecular flexibility index (Phi) is 4.29. The number of carbonyl (C=O) groups excluding carboxylic acids is 1. The van der Waals surface area contributed by atoms with Crippen LogP contribution in [0, 0.1) is 0 Å². The van der Waals surface area contributed by atoms with Crippen LogP contribution in [0.3, 0.4) is 0 Å². The van der Waals surface area contributed by atoms with Gasteiger partial charge in [0.1, 0.15) is 12.4 Å². The first-order chi connectivity index (χ1) is 9.45. The van der Waals surface area contributed by atoms with Crippen molar-refractivity contribution in [2.24, 2.45) is 0 Å². The number of ether oxygens (including phenoxy) is 1. The van der Waals surface area contributed by atoms with E-state index >= 15 is 0 Å². The van der Waals surface area contributed by atoms with Gasteiger partial charge in [-0.2, -0.15) is 4.31 Å². The summed E-state index contributed by atoms with van der Waals surface area (Å²) in [6.45, 7) is 2.23. The summed E-state index contributed by atoms with van der Waals surface area (Å²) in [7, 11) is -1.93. The zero-order chi connectivity index (χ0) is 14.8. The first kappa shape index (κ1) is 14.8. The summed E-state index contributed by atoms with van der Waals surface area (Å²) in [6.07, 6.45) is 0. The minimum atomic E-state index is -3.35. The van der Waals surface area contributed by atoms with Gasteiger partial charge in [0.2, 0.25) is 15.9 Å². The van der Waals surface area contributed by atoms with Crippen LogP contribution in [0.5, 0.6) is 5.75 Å². The largest absolute Gasteiger partial charge is 0.490 e. The van der Waals surface area contributed by atoms with E-state index in [0.717, 1.165) is 4.31 Å². The molecule has 7 heteroatoms. The maximum atomic E-state index is 12.3. The second-order valence-electron chi connectivity index (χ2n) is 4.52. The molecule has 0 saturated heterocycles. The summed E-state index contributed by atoms with van der Waals surface area (Å²) in [5.74, 6) is 0.379. The number of sulfonamides is 1. The van der Waals surface area contributed by atoms with Gasteiger partial charge in [0.25, 0.3) is 0 Å². The normalized spacial score (nSPS) is 14.8. The van der Waals surface area contributed by atoms with Crippen LogP contribution in [-0.2, 0) is 14.8 Å². The molecule has 110 valence electrons. The molecule has 1 aliphatic rings. The minimum absolute atomic E-state index is 0.0174. The number of hydrogen-bond donors (Lipinski definition) is 0. The number of likely N-dealkylation sites (N-methyl/N-ethyl adjacent to an activating group) is 1. The van der Waals surface area contributed by atoms with Gasteiger partial charge in [0, 0.05) is 7.05 Å². The van der Waals surface area contributed by atoms with Gasteiger partial charge in [-0.1, -0.05) is 12.1 Å². The Morgan fingerprint density at radius 1 is 1.40 bits per heavy atom. The molecule has 1 aromatic rings. The Morgan fingerprint density at radius 2 is 2.10 bits per heavy atom. The lowest BCUT2D eigenvalue weighted by Gasteiger charge is -2.30. The Bertz CT molecular complexity index is 600. The number of carbonyl (C=O) groups is 1. The minimum Gasteiger partial charge on any atom is -0.490 e. The number of fused-ring (bicyclic) bond motifs is 1. The van der Waals surface area contributed by atoms with E-state index in [-0.39, 0.29) is 18.2 Å². The maximum Gasteiger partial charge on any atom is 0.242 e. The van der Waals surface area contributed by atoms with Crippen molar-refractivity contribution in [2.75, 3.05) is 37.4 Å². The molecule has 6 nitrogen and oxygen atoms in total. The molecule has 0 N–H and O–H groups in total. The lowest BCUT2D eigenvalue weighted by Crippen LogP contribution is -2.44. The lowest BCUT2D eigenvalue weighted by molar-refractivity contribution is -0.118. The fourth-order valence-electron chi connectivity index (χ4n) is 2.02. The zero-order valence-corrected chi connectivity index (χ0v) is 12.4. The van der Waals surface area contributed by atoms with E-state index in [1.54, 1.807) is 24.0 Å². The van der Waals surface area contributed by atoms with Crippen molar-refractivity contribution in [1.82, 2.24) is 4.31 Å². The molecule has 0 saturated carbocycles. The summed E-state index contributed by atoms with van der Waals surface area (Å²) >= 11 is 0. The molecule has 20 heavy (non-hydrogen) atoms. The number of rotatable bonds is 4. The fourth-order valence-corrected chi connectivity index (χ4v) is 2.77. The quantitative estimate of drug-likeness (QED) is 0.820. The SMILES string of the molecule is CCS(=O)(=O)N(C)CC(=O)N1CCOc2ccccc21. The van der Waals surface area contributed by atoms with Crippen LogP contribution in [0.15, 0.2) is 24.3 Å². The third kappa shape index (κ3) is 2.94. The van der Waals surface area contributed by atoms with Gasteiger partial charge in [-0.05, 0) is 19.1 Å². The zero-order valence-electron chi connectivity index (χ0n) is 11.6. The van der Waals surface area contributed by atoms with Crippen LogP contribution < -0.4 is 9.64 Å². The lowest BCUT2D eigenvalue weighted by atomic mass is 10.2. The highest BCUT2D eigenvalue weighted by Gasteiger charge is 2.26. The molecule has 1 amide bonds. The molecule has 0 aromatic heterocycles. The van der Waals surface area contributed by atoms with Crippen molar-refractivity contribution in [3.8, 4) is 5.75 Å². The summed E-state index contributed by atoms with van der Waals surface area (Å²) in [5, 5.41) is 0. The van der Waals surface area contributed by atoms with Crippen molar-refractivity contribution < 1.29 is 17.9 Å². The van der Waals surface area contributed by atoms with Crippen LogP contribution in [-0.4, -0.2) is 51.1 Å². The van der Waals surface area contributed by atoms with Gasteiger partial charge in [-0.15, -0.1) is 0 Å². The Hall–Kier alpha value is -1.60. The van der Waals surface area contributed by atoms with Crippen LogP contribution in [0.1, 0.15) is 6.92 Å². The Labute approximate surface area is 119 Å². The van der Waals surface area contributed by atoms with Crippen molar-refractivity contribution >= 4 is 21.6 Å². The van der Waals surface area contributed by atoms with Gasteiger partial charge in [-0.25, -0.2) is 8.42 Å². The molecule has 0 fully saturated rings. The monoisotopic (exact) mass is 298 g/mol. The molecule has 0 unspecified atom stereocenters. The number of nitrogens with zero attached hydrogens (tertiary/aromatic N) is 2. The van der Waals surface area contributed by atoms with Crippen molar-refractivity contribution in [1.29, 1.82) is 0 Å². The molecule has 0 aliphatic carbocycles. The van der Waals surface area contributed by atoms with Crippen LogP contribution in [0.2, 0.25) is 0 Å². The smallest absolute Gasteiger partial charge is 0.242 e. The summed E-state index contributed by atoms with van der Waals surface area (Å²) in [4.78, 5) is 13.9. The van der Waals surface area contributed by atoms with Gasteiger partial charge in [0.05, 0.1) is 24.5 Å². The molecule has 0 atom stereocenters. The Morgan fingerprint density at radius 3 is 2.80 bits per heavy atom. The van der Waals surface area contributed by atoms with E-state index in [9.17, 15) is 13.2 Å². The number of amides is 1. The molecule has 1 aliphatic heterocycles. The average Bonchev–Trinajstić information content (AvgIpc) is 2.46. The molecule has 0 radical (unpaired) electrons. The number of hydrogen-bond acceptors (Lipinski definition) is 4. The molecule has 1 heterocycles. The third-order valence-electron chi connectivity index (χ3n) is 3.23. The number of benzene rings is 1. The number of para-hydroxylation sites is 2. The van der Waals surface area contributed by atoms with Crippen molar-refractivity contribution in [3.05, 3.63) is 24.3 Å². The standard InChI is InChI=1S/C13H18N2O4S/c1-3-20(17,18)14(2)10-13(16)15-8-9-19-12-7-5-4-6-11(12)15/h4-7H,3,8-10H2,1-2H3. The van der Waals surface area contributed by atoms with E-state index in [1.807, 2.05) is 12.1 Å². The van der Waals surface area contributed by atoms with Crippen molar-refractivity contribution in [3.63, 3.8) is 0 Å². The van der Waals surface area contributed by atoms with Crippen LogP contribution in [0.25, 0.3) is 0 Å². The van der Waals surface area contributed by atoms with Crippen LogP contribution in [0.4, 0.5) is 5.69 Å². The molecule has 0 spiro atoms. The predicted octanol–water partition coefficient (Wildman–Crippen LogP) is 0.694. The Balaban J connectivity index is 2.16. The maximum absolute atomic E-state index is 12.3. The first-order valence-electron chi connectivity index (χ1n) is 6.42.